The second-order valence-corrected chi connectivity index (χ2v) is 8.79. The number of carbonyl (C=O) groups excluding carboxylic acids is 1. The van der Waals surface area contributed by atoms with Crippen molar-refractivity contribution in [2.24, 2.45) is 4.99 Å². The summed E-state index contributed by atoms with van der Waals surface area (Å²) in [6, 6.07) is 7.25. The lowest BCUT2D eigenvalue weighted by atomic mass is 9.88. The standard InChI is InChI=1S/C28H33N3O4/c1-6-19(12-13-29-4)25(31-16-14-30(5)15-17-31)24-23-22(28(33)34-7-2)18(3)35-27(23)21-11-9-8-10-20(21)26(24)32/h6,8-13,25,32H,4,7,14-17H2,1-3,5H3/b13-12-,19-6+. The highest BCUT2D eigenvalue weighted by Crippen LogP contribution is 2.47. The van der Waals surface area contributed by atoms with Crippen molar-refractivity contribution in [3.63, 3.8) is 0 Å². The quantitative estimate of drug-likeness (QED) is 0.287. The van der Waals surface area contributed by atoms with Gasteiger partial charge in [0.05, 0.1) is 12.6 Å². The third kappa shape index (κ3) is 4.49. The zero-order valence-electron chi connectivity index (χ0n) is 20.9. The number of fused-ring (bicyclic) bond motifs is 3. The molecule has 1 atom stereocenters. The Kier molecular flexibility index (Phi) is 7.38. The van der Waals surface area contributed by atoms with Gasteiger partial charge >= 0.3 is 5.97 Å². The Morgan fingerprint density at radius 1 is 1.26 bits per heavy atom. The minimum absolute atomic E-state index is 0.141. The van der Waals surface area contributed by atoms with Crippen molar-refractivity contribution in [1.82, 2.24) is 9.80 Å². The van der Waals surface area contributed by atoms with E-state index >= 15 is 0 Å². The summed E-state index contributed by atoms with van der Waals surface area (Å²) in [5, 5.41) is 13.8. The second kappa shape index (κ2) is 10.5. The van der Waals surface area contributed by atoms with Crippen LogP contribution in [0.2, 0.25) is 0 Å². The average Bonchev–Trinajstić information content (AvgIpc) is 3.21. The molecule has 1 aliphatic heterocycles. The van der Waals surface area contributed by atoms with Gasteiger partial charge in [-0.3, -0.25) is 9.89 Å². The molecule has 0 aliphatic carbocycles. The zero-order valence-corrected chi connectivity index (χ0v) is 20.9. The van der Waals surface area contributed by atoms with Crippen LogP contribution in [0.1, 0.15) is 41.6 Å². The van der Waals surface area contributed by atoms with Gasteiger partial charge in [0.25, 0.3) is 0 Å². The van der Waals surface area contributed by atoms with Crippen molar-refractivity contribution < 1.29 is 19.1 Å². The molecule has 1 N–H and O–H groups in total. The van der Waals surface area contributed by atoms with E-state index in [1.807, 2.05) is 43.3 Å². The highest BCUT2D eigenvalue weighted by Gasteiger charge is 2.34. The fourth-order valence-electron chi connectivity index (χ4n) is 4.98. The molecular weight excluding hydrogens is 442 g/mol. The van der Waals surface area contributed by atoms with Crippen molar-refractivity contribution in [2.75, 3.05) is 39.8 Å². The molecule has 0 radical (unpaired) electrons. The second-order valence-electron chi connectivity index (χ2n) is 8.79. The molecule has 7 heteroatoms. The molecule has 1 aromatic heterocycles. The molecule has 0 saturated carbocycles. The molecule has 4 rings (SSSR count). The molecule has 1 fully saturated rings. The first-order valence-electron chi connectivity index (χ1n) is 12.0. The van der Waals surface area contributed by atoms with Crippen LogP contribution in [0.15, 0.2) is 57.6 Å². The number of benzene rings is 2. The number of hydrogen-bond acceptors (Lipinski definition) is 7. The Balaban J connectivity index is 2.11. The first kappa shape index (κ1) is 24.7. The van der Waals surface area contributed by atoms with Crippen LogP contribution < -0.4 is 0 Å². The molecular formula is C28H33N3O4. The van der Waals surface area contributed by atoms with E-state index in [1.165, 1.54) is 0 Å². The summed E-state index contributed by atoms with van der Waals surface area (Å²) in [5.41, 5.74) is 2.53. The molecule has 35 heavy (non-hydrogen) atoms. The number of hydrogen-bond donors (Lipinski definition) is 1. The van der Waals surface area contributed by atoms with Crippen molar-refractivity contribution in [3.8, 4) is 5.75 Å². The van der Waals surface area contributed by atoms with Crippen LogP contribution in [-0.4, -0.2) is 67.4 Å². The van der Waals surface area contributed by atoms with Gasteiger partial charge in [-0.05, 0) is 46.2 Å². The van der Waals surface area contributed by atoms with Crippen molar-refractivity contribution >= 4 is 34.4 Å². The van der Waals surface area contributed by atoms with Crippen molar-refractivity contribution in [3.05, 3.63) is 65.1 Å². The van der Waals surface area contributed by atoms with Crippen LogP contribution >= 0.6 is 0 Å². The van der Waals surface area contributed by atoms with Gasteiger partial charge in [0.2, 0.25) is 0 Å². The molecule has 1 saturated heterocycles. The Morgan fingerprint density at radius 2 is 1.94 bits per heavy atom. The fraction of sp³-hybridized carbons (Fsp3) is 0.357. The van der Waals surface area contributed by atoms with Gasteiger partial charge < -0.3 is 19.2 Å². The number of likely N-dealkylation sites (N-methyl/N-ethyl adjacent to an activating group) is 1. The third-order valence-electron chi connectivity index (χ3n) is 6.71. The molecule has 1 aliphatic rings. The van der Waals surface area contributed by atoms with E-state index < -0.39 is 5.97 Å². The first-order chi connectivity index (χ1) is 16.9. The van der Waals surface area contributed by atoms with E-state index in [0.29, 0.717) is 33.2 Å². The first-order valence-corrected chi connectivity index (χ1v) is 12.0. The number of piperazine rings is 1. The predicted octanol–water partition coefficient (Wildman–Crippen LogP) is 5.23. The minimum atomic E-state index is -0.456. The number of aliphatic imine (C=N–C) groups is 1. The van der Waals surface area contributed by atoms with E-state index in [4.69, 9.17) is 9.15 Å². The Morgan fingerprint density at radius 3 is 2.57 bits per heavy atom. The maximum atomic E-state index is 13.2. The Hall–Kier alpha value is -3.42. The zero-order chi connectivity index (χ0) is 25.1. The summed E-state index contributed by atoms with van der Waals surface area (Å²) in [7, 11) is 2.11. The number of nitrogens with zero attached hydrogens (tertiary/aromatic N) is 3. The van der Waals surface area contributed by atoms with Crippen LogP contribution in [0, 0.1) is 6.92 Å². The van der Waals surface area contributed by atoms with Crippen LogP contribution in [0.5, 0.6) is 5.75 Å². The lowest BCUT2D eigenvalue weighted by molar-refractivity contribution is 0.0526. The van der Waals surface area contributed by atoms with Crippen molar-refractivity contribution in [2.45, 2.75) is 26.8 Å². The monoisotopic (exact) mass is 475 g/mol. The summed E-state index contributed by atoms with van der Waals surface area (Å²) >= 11 is 0. The van der Waals surface area contributed by atoms with Gasteiger partial charge in [0.1, 0.15) is 22.7 Å². The molecule has 2 aromatic carbocycles. The smallest absolute Gasteiger partial charge is 0.342 e. The van der Waals surface area contributed by atoms with Crippen LogP contribution in [-0.2, 0) is 4.74 Å². The number of carbonyl (C=O) groups is 1. The van der Waals surface area contributed by atoms with Crippen LogP contribution in [0.25, 0.3) is 21.7 Å². The predicted molar refractivity (Wildman–Crippen MR) is 140 cm³/mol. The average molecular weight is 476 g/mol. The number of allylic oxidation sites excluding steroid dienone is 1. The van der Waals surface area contributed by atoms with Crippen LogP contribution in [0.3, 0.4) is 0 Å². The number of furan rings is 1. The van der Waals surface area contributed by atoms with Gasteiger partial charge in [-0.25, -0.2) is 4.79 Å². The Bertz CT molecular complexity index is 1310. The summed E-state index contributed by atoms with van der Waals surface area (Å²) < 4.78 is 11.6. The number of rotatable bonds is 7. The maximum absolute atomic E-state index is 13.2. The molecule has 0 spiro atoms. The molecule has 2 heterocycles. The van der Waals surface area contributed by atoms with Gasteiger partial charge in [-0.2, -0.15) is 0 Å². The molecule has 0 amide bonds. The number of aromatic hydroxyl groups is 1. The van der Waals surface area contributed by atoms with E-state index in [1.54, 1.807) is 20.0 Å². The lowest BCUT2D eigenvalue weighted by Gasteiger charge is -2.39. The van der Waals surface area contributed by atoms with Gasteiger partial charge in [0.15, 0.2) is 0 Å². The third-order valence-corrected chi connectivity index (χ3v) is 6.71. The Labute approximate surface area is 206 Å². The summed E-state index contributed by atoms with van der Waals surface area (Å²) in [6.07, 6.45) is 5.58. The number of phenolic OH excluding ortho intramolecular Hbond substituents is 1. The molecule has 0 bridgehead atoms. The SMILES string of the molecule is C=N/C=C\C(=C/C)C(c1c(O)c2ccccc2c2oc(C)c(C(=O)OCC)c12)N1CCN(C)CC1. The van der Waals surface area contributed by atoms with E-state index in [9.17, 15) is 9.90 Å². The summed E-state index contributed by atoms with van der Waals surface area (Å²) in [6.45, 7) is 12.7. The number of esters is 1. The number of phenols is 1. The fourth-order valence-corrected chi connectivity index (χ4v) is 4.98. The van der Waals surface area contributed by atoms with Gasteiger partial charge in [-0.1, -0.05) is 30.3 Å². The highest BCUT2D eigenvalue weighted by molar-refractivity contribution is 6.16. The topological polar surface area (TPSA) is 78.5 Å². The number of ether oxygens (including phenoxy) is 1. The van der Waals surface area contributed by atoms with Crippen LogP contribution in [0.4, 0.5) is 0 Å². The summed E-state index contributed by atoms with van der Waals surface area (Å²) in [5.74, 6) is 0.155. The molecule has 3 aromatic rings. The van der Waals surface area contributed by atoms with E-state index in [2.05, 4.69) is 28.6 Å². The maximum Gasteiger partial charge on any atom is 0.342 e. The summed E-state index contributed by atoms with van der Waals surface area (Å²) in [4.78, 5) is 21.7. The highest BCUT2D eigenvalue weighted by atomic mass is 16.5. The van der Waals surface area contributed by atoms with Gasteiger partial charge in [-0.15, -0.1) is 0 Å². The molecule has 7 nitrogen and oxygen atoms in total. The molecule has 1 unspecified atom stereocenters. The van der Waals surface area contributed by atoms with E-state index in [-0.39, 0.29) is 18.4 Å². The van der Waals surface area contributed by atoms with Gasteiger partial charge in [0, 0.05) is 54.1 Å². The normalized spacial score (nSPS) is 16.9. The minimum Gasteiger partial charge on any atom is -0.507 e. The van der Waals surface area contributed by atoms with E-state index in [0.717, 1.165) is 37.1 Å². The lowest BCUT2D eigenvalue weighted by Crippen LogP contribution is -2.46. The molecule has 184 valence electrons. The largest absolute Gasteiger partial charge is 0.507 e. The van der Waals surface area contributed by atoms with Crippen molar-refractivity contribution in [1.29, 1.82) is 0 Å². The number of aryl methyl sites for hydroxylation is 1.